The van der Waals surface area contributed by atoms with Gasteiger partial charge in [0.1, 0.15) is 12.2 Å². The molecule has 0 bridgehead atoms. The van der Waals surface area contributed by atoms with Gasteiger partial charge in [-0.1, -0.05) is 0 Å². The van der Waals surface area contributed by atoms with Gasteiger partial charge in [0.15, 0.2) is 5.75 Å². The fourth-order valence-electron chi connectivity index (χ4n) is 1.01. The van der Waals surface area contributed by atoms with Crippen molar-refractivity contribution in [2.45, 2.75) is 26.4 Å². The molecule has 0 fully saturated rings. The first kappa shape index (κ1) is 14.5. The van der Waals surface area contributed by atoms with Crippen LogP contribution in [0.15, 0.2) is 12.4 Å². The Balaban J connectivity index is 2.19. The second-order valence-electron chi connectivity index (χ2n) is 4.46. The highest BCUT2D eigenvalue weighted by molar-refractivity contribution is 6.28. The molecule has 1 aromatic rings. The fourth-order valence-corrected chi connectivity index (χ4v) is 1.11. The molecule has 1 aromatic heterocycles. The number of carbonyl (C=O) groups excluding carboxylic acids is 1. The zero-order valence-electron chi connectivity index (χ0n) is 10.6. The predicted octanol–water partition coefficient (Wildman–Crippen LogP) is 2.03. The molecule has 100 valence electrons. The summed E-state index contributed by atoms with van der Waals surface area (Å²) in [6.07, 6.45) is 2.45. The number of carbonyl (C=O) groups is 1. The molecule has 1 N–H and O–H groups in total. The van der Waals surface area contributed by atoms with Crippen molar-refractivity contribution in [1.82, 2.24) is 15.3 Å². The third kappa shape index (κ3) is 6.24. The number of amides is 1. The van der Waals surface area contributed by atoms with E-state index in [1.165, 1.54) is 12.4 Å². The average Bonchev–Trinajstić information content (AvgIpc) is 2.24. The van der Waals surface area contributed by atoms with Crippen LogP contribution in [0.2, 0.25) is 5.28 Å². The minimum Gasteiger partial charge on any atom is -0.489 e. The largest absolute Gasteiger partial charge is 0.489 e. The van der Waals surface area contributed by atoms with Crippen LogP contribution in [0, 0.1) is 0 Å². The Kier molecular flexibility index (Phi) is 5.15. The van der Waals surface area contributed by atoms with Gasteiger partial charge in [-0.2, -0.15) is 0 Å². The maximum atomic E-state index is 11.3. The highest BCUT2D eigenvalue weighted by atomic mass is 35.5. The molecule has 0 radical (unpaired) electrons. The maximum Gasteiger partial charge on any atom is 0.407 e. The van der Waals surface area contributed by atoms with E-state index in [0.29, 0.717) is 18.9 Å². The van der Waals surface area contributed by atoms with Crippen LogP contribution >= 0.6 is 11.6 Å². The molecular formula is C11H16ClN3O3. The summed E-state index contributed by atoms with van der Waals surface area (Å²) in [6, 6.07) is 0. The molecule has 1 amide bonds. The van der Waals surface area contributed by atoms with Crippen molar-refractivity contribution in [2.75, 3.05) is 13.2 Å². The second kappa shape index (κ2) is 6.39. The molecule has 0 saturated carbocycles. The topological polar surface area (TPSA) is 73.3 Å². The van der Waals surface area contributed by atoms with Gasteiger partial charge >= 0.3 is 6.09 Å². The van der Waals surface area contributed by atoms with Gasteiger partial charge in [-0.25, -0.2) is 14.8 Å². The number of aromatic nitrogens is 2. The first-order chi connectivity index (χ1) is 8.37. The van der Waals surface area contributed by atoms with Crippen molar-refractivity contribution in [2.24, 2.45) is 0 Å². The molecular weight excluding hydrogens is 258 g/mol. The first-order valence-corrected chi connectivity index (χ1v) is 5.82. The Labute approximate surface area is 111 Å². The lowest BCUT2D eigenvalue weighted by atomic mass is 10.2. The van der Waals surface area contributed by atoms with Crippen LogP contribution in [0.3, 0.4) is 0 Å². The summed E-state index contributed by atoms with van der Waals surface area (Å²) in [6.45, 7) is 6.03. The predicted molar refractivity (Wildman–Crippen MR) is 66.8 cm³/mol. The van der Waals surface area contributed by atoms with Crippen molar-refractivity contribution in [3.8, 4) is 5.75 Å². The number of alkyl carbamates (subject to hydrolysis) is 1. The van der Waals surface area contributed by atoms with Crippen molar-refractivity contribution in [1.29, 1.82) is 0 Å². The Bertz CT molecular complexity index is 390. The normalized spacial score (nSPS) is 10.9. The van der Waals surface area contributed by atoms with E-state index in [1.54, 1.807) is 20.8 Å². The van der Waals surface area contributed by atoms with E-state index in [1.807, 2.05) is 0 Å². The lowest BCUT2D eigenvalue weighted by molar-refractivity contribution is 0.0520. The number of nitrogens with zero attached hydrogens (tertiary/aromatic N) is 2. The number of ether oxygens (including phenoxy) is 2. The average molecular weight is 274 g/mol. The van der Waals surface area contributed by atoms with E-state index in [9.17, 15) is 4.79 Å². The highest BCUT2D eigenvalue weighted by Crippen LogP contribution is 2.08. The molecule has 7 heteroatoms. The molecule has 0 unspecified atom stereocenters. The van der Waals surface area contributed by atoms with E-state index < -0.39 is 11.7 Å². The number of halogens is 1. The number of rotatable bonds is 4. The van der Waals surface area contributed by atoms with Crippen LogP contribution in [-0.4, -0.2) is 34.8 Å². The zero-order chi connectivity index (χ0) is 13.6. The summed E-state index contributed by atoms with van der Waals surface area (Å²) < 4.78 is 10.3. The van der Waals surface area contributed by atoms with Crippen LogP contribution in [0.4, 0.5) is 4.79 Å². The van der Waals surface area contributed by atoms with Crippen molar-refractivity contribution in [3.05, 3.63) is 17.7 Å². The second-order valence-corrected chi connectivity index (χ2v) is 4.80. The van der Waals surface area contributed by atoms with Crippen LogP contribution in [0.25, 0.3) is 0 Å². The van der Waals surface area contributed by atoms with Crippen LogP contribution in [0.5, 0.6) is 5.75 Å². The summed E-state index contributed by atoms with van der Waals surface area (Å²) >= 11 is 5.52. The summed E-state index contributed by atoms with van der Waals surface area (Å²) in [7, 11) is 0. The van der Waals surface area contributed by atoms with Gasteiger partial charge in [-0.05, 0) is 32.4 Å². The Morgan fingerprint density at radius 2 is 2.00 bits per heavy atom. The third-order valence-corrected chi connectivity index (χ3v) is 1.83. The first-order valence-electron chi connectivity index (χ1n) is 5.44. The van der Waals surface area contributed by atoms with Crippen LogP contribution in [0.1, 0.15) is 20.8 Å². The van der Waals surface area contributed by atoms with Crippen LogP contribution in [-0.2, 0) is 4.74 Å². The van der Waals surface area contributed by atoms with E-state index >= 15 is 0 Å². The zero-order valence-corrected chi connectivity index (χ0v) is 11.3. The lowest BCUT2D eigenvalue weighted by Gasteiger charge is -2.19. The van der Waals surface area contributed by atoms with Gasteiger partial charge in [0.2, 0.25) is 5.28 Å². The number of nitrogens with one attached hydrogen (secondary N) is 1. The Morgan fingerprint density at radius 3 is 2.56 bits per heavy atom. The fraction of sp³-hybridized carbons (Fsp3) is 0.545. The van der Waals surface area contributed by atoms with Crippen molar-refractivity contribution in [3.63, 3.8) is 0 Å². The molecule has 0 aliphatic carbocycles. The summed E-state index contributed by atoms with van der Waals surface area (Å²) in [5.74, 6) is 0.491. The molecule has 1 heterocycles. The molecule has 0 atom stereocenters. The van der Waals surface area contributed by atoms with E-state index in [0.717, 1.165) is 0 Å². The number of hydrogen-bond donors (Lipinski definition) is 1. The van der Waals surface area contributed by atoms with Gasteiger partial charge in [0.25, 0.3) is 0 Å². The lowest BCUT2D eigenvalue weighted by Crippen LogP contribution is -2.34. The Hall–Kier alpha value is -1.56. The molecule has 1 rings (SSSR count). The maximum absolute atomic E-state index is 11.3. The molecule has 0 spiro atoms. The van der Waals surface area contributed by atoms with Gasteiger partial charge in [0.05, 0.1) is 18.9 Å². The van der Waals surface area contributed by atoms with E-state index in [-0.39, 0.29) is 5.28 Å². The standard InChI is InChI=1S/C11H16ClN3O3/c1-11(2,3)18-10(16)13-4-5-17-8-6-14-9(12)15-7-8/h6-7H,4-5H2,1-3H3,(H,13,16). The van der Waals surface area contributed by atoms with Crippen LogP contribution < -0.4 is 10.1 Å². The molecule has 0 aromatic carbocycles. The summed E-state index contributed by atoms with van der Waals surface area (Å²) in [5.41, 5.74) is -0.505. The molecule has 0 saturated heterocycles. The van der Waals surface area contributed by atoms with Crippen molar-refractivity contribution >= 4 is 17.7 Å². The molecule has 18 heavy (non-hydrogen) atoms. The SMILES string of the molecule is CC(C)(C)OC(=O)NCCOc1cnc(Cl)nc1. The van der Waals surface area contributed by atoms with E-state index in [2.05, 4.69) is 15.3 Å². The highest BCUT2D eigenvalue weighted by Gasteiger charge is 2.15. The minimum absolute atomic E-state index is 0.161. The monoisotopic (exact) mass is 273 g/mol. The van der Waals surface area contributed by atoms with Gasteiger partial charge in [-0.3, -0.25) is 0 Å². The summed E-state index contributed by atoms with van der Waals surface area (Å²) in [4.78, 5) is 18.8. The number of hydrogen-bond acceptors (Lipinski definition) is 5. The van der Waals surface area contributed by atoms with Gasteiger partial charge in [-0.15, -0.1) is 0 Å². The van der Waals surface area contributed by atoms with Gasteiger partial charge in [0, 0.05) is 0 Å². The smallest absolute Gasteiger partial charge is 0.407 e. The summed E-state index contributed by atoms with van der Waals surface area (Å²) in [5, 5.41) is 2.73. The minimum atomic E-state index is -0.505. The van der Waals surface area contributed by atoms with E-state index in [4.69, 9.17) is 21.1 Å². The van der Waals surface area contributed by atoms with Gasteiger partial charge < -0.3 is 14.8 Å². The molecule has 0 aliphatic heterocycles. The quantitative estimate of drug-likeness (QED) is 0.671. The molecule has 6 nitrogen and oxygen atoms in total. The third-order valence-electron chi connectivity index (χ3n) is 1.64. The Morgan fingerprint density at radius 1 is 1.39 bits per heavy atom. The molecule has 0 aliphatic rings. The van der Waals surface area contributed by atoms with Crippen molar-refractivity contribution < 1.29 is 14.3 Å².